The minimum Gasteiger partial charge on any atom is -0.345 e. The molecule has 7 heteroatoms. The van der Waals surface area contributed by atoms with Crippen molar-refractivity contribution in [3.63, 3.8) is 0 Å². The number of hydrogen-bond donors (Lipinski definition) is 1. The van der Waals surface area contributed by atoms with E-state index < -0.39 is 0 Å². The van der Waals surface area contributed by atoms with Gasteiger partial charge in [0.1, 0.15) is 5.82 Å². The lowest BCUT2D eigenvalue weighted by molar-refractivity contribution is 0.0949. The Hall–Kier alpha value is -3.09. The van der Waals surface area contributed by atoms with Gasteiger partial charge in [0.15, 0.2) is 5.82 Å². The molecule has 1 heterocycles. The molecule has 0 bridgehead atoms. The molecule has 0 saturated carbocycles. The van der Waals surface area contributed by atoms with Gasteiger partial charge in [-0.15, -0.1) is 5.10 Å². The highest BCUT2D eigenvalue weighted by molar-refractivity contribution is 5.94. The predicted molar refractivity (Wildman–Crippen MR) is 81.5 cm³/mol. The number of amides is 1. The summed E-state index contributed by atoms with van der Waals surface area (Å²) in [5.74, 6) is -0.192. The molecular weight excluding hydrogens is 297 g/mol. The zero-order valence-electron chi connectivity index (χ0n) is 12.4. The molecular formula is C16H14FN5O. The number of benzene rings is 2. The van der Waals surface area contributed by atoms with Crippen molar-refractivity contribution in [3.8, 4) is 5.69 Å². The lowest BCUT2D eigenvalue weighted by Crippen LogP contribution is -2.24. The summed E-state index contributed by atoms with van der Waals surface area (Å²) >= 11 is 0. The van der Waals surface area contributed by atoms with Crippen LogP contribution in [0.5, 0.6) is 0 Å². The van der Waals surface area contributed by atoms with Crippen LogP contribution in [0.25, 0.3) is 5.69 Å². The molecule has 116 valence electrons. The molecule has 0 spiro atoms. The van der Waals surface area contributed by atoms with Gasteiger partial charge in [-0.3, -0.25) is 4.79 Å². The number of carbonyl (C=O) groups is 1. The number of tetrazole rings is 1. The van der Waals surface area contributed by atoms with Crippen molar-refractivity contribution >= 4 is 5.91 Å². The van der Waals surface area contributed by atoms with Crippen LogP contribution in [0.15, 0.2) is 48.5 Å². The number of nitrogens with one attached hydrogen (secondary N) is 1. The Balaban J connectivity index is 1.73. The van der Waals surface area contributed by atoms with E-state index in [1.165, 1.54) is 16.8 Å². The molecule has 1 N–H and O–H groups in total. The second-order valence-corrected chi connectivity index (χ2v) is 5.04. The Morgan fingerprint density at radius 2 is 2.00 bits per heavy atom. The fourth-order valence-electron chi connectivity index (χ4n) is 2.09. The summed E-state index contributed by atoms with van der Waals surface area (Å²) in [6, 6.07) is 13.2. The molecule has 0 saturated heterocycles. The average Bonchev–Trinajstić information content (AvgIpc) is 3.02. The van der Waals surface area contributed by atoms with E-state index in [0.717, 1.165) is 5.56 Å². The molecule has 3 rings (SSSR count). The second kappa shape index (κ2) is 6.35. The summed E-state index contributed by atoms with van der Waals surface area (Å²) in [6.07, 6.45) is 0. The van der Waals surface area contributed by atoms with E-state index >= 15 is 0 Å². The first-order valence-corrected chi connectivity index (χ1v) is 7.01. The lowest BCUT2D eigenvalue weighted by Gasteiger charge is -2.07. The summed E-state index contributed by atoms with van der Waals surface area (Å²) in [5, 5.41) is 14.0. The number of aryl methyl sites for hydroxylation is 1. The van der Waals surface area contributed by atoms with Gasteiger partial charge in [0, 0.05) is 5.56 Å². The third kappa shape index (κ3) is 3.39. The minimum absolute atomic E-state index is 0.135. The summed E-state index contributed by atoms with van der Waals surface area (Å²) in [4.78, 5) is 12.1. The fraction of sp³-hybridized carbons (Fsp3) is 0.125. The summed E-state index contributed by atoms with van der Waals surface area (Å²) in [5.41, 5.74) is 2.13. The zero-order chi connectivity index (χ0) is 16.2. The van der Waals surface area contributed by atoms with Crippen molar-refractivity contribution in [1.82, 2.24) is 25.5 Å². The molecule has 1 amide bonds. The van der Waals surface area contributed by atoms with Crippen LogP contribution in [0.4, 0.5) is 4.39 Å². The first-order chi connectivity index (χ1) is 11.1. The van der Waals surface area contributed by atoms with Crippen molar-refractivity contribution in [1.29, 1.82) is 0 Å². The highest BCUT2D eigenvalue weighted by Gasteiger charge is 2.11. The van der Waals surface area contributed by atoms with Gasteiger partial charge in [-0.2, -0.15) is 4.68 Å². The highest BCUT2D eigenvalue weighted by atomic mass is 19.1. The largest absolute Gasteiger partial charge is 0.345 e. The second-order valence-electron chi connectivity index (χ2n) is 5.04. The molecule has 0 aliphatic heterocycles. The molecule has 0 unspecified atom stereocenters. The van der Waals surface area contributed by atoms with Crippen LogP contribution in [0, 0.1) is 12.7 Å². The van der Waals surface area contributed by atoms with Gasteiger partial charge in [-0.1, -0.05) is 23.8 Å². The van der Waals surface area contributed by atoms with Crippen LogP contribution in [-0.4, -0.2) is 26.1 Å². The number of carbonyl (C=O) groups excluding carboxylic acids is 1. The first-order valence-electron chi connectivity index (χ1n) is 7.01. The normalized spacial score (nSPS) is 10.5. The standard InChI is InChI=1S/C16H14FN5O/c1-11-5-7-12(8-6-11)16(23)18-10-15-19-20-21-22(15)14-4-2-3-13(17)9-14/h2-9H,10H2,1H3,(H,18,23). The molecule has 0 fully saturated rings. The SMILES string of the molecule is Cc1ccc(C(=O)NCc2nnnn2-c2cccc(F)c2)cc1. The Morgan fingerprint density at radius 1 is 1.22 bits per heavy atom. The lowest BCUT2D eigenvalue weighted by atomic mass is 10.1. The van der Waals surface area contributed by atoms with Crippen LogP contribution in [-0.2, 0) is 6.54 Å². The van der Waals surface area contributed by atoms with E-state index in [2.05, 4.69) is 20.8 Å². The third-order valence-electron chi connectivity index (χ3n) is 3.31. The molecule has 0 atom stereocenters. The summed E-state index contributed by atoms with van der Waals surface area (Å²) in [6.45, 7) is 2.09. The molecule has 23 heavy (non-hydrogen) atoms. The van der Waals surface area contributed by atoms with Crippen molar-refractivity contribution < 1.29 is 9.18 Å². The average molecular weight is 311 g/mol. The Kier molecular flexibility index (Phi) is 4.09. The highest BCUT2D eigenvalue weighted by Crippen LogP contribution is 2.10. The van der Waals surface area contributed by atoms with Gasteiger partial charge >= 0.3 is 0 Å². The Bertz CT molecular complexity index is 828. The molecule has 2 aromatic carbocycles. The van der Waals surface area contributed by atoms with Gasteiger partial charge in [0.05, 0.1) is 12.2 Å². The third-order valence-corrected chi connectivity index (χ3v) is 3.31. The predicted octanol–water partition coefficient (Wildman–Crippen LogP) is 2.04. The molecule has 6 nitrogen and oxygen atoms in total. The van der Waals surface area contributed by atoms with Crippen LogP contribution in [0.3, 0.4) is 0 Å². The smallest absolute Gasteiger partial charge is 0.251 e. The maximum Gasteiger partial charge on any atom is 0.251 e. The molecule has 0 aliphatic carbocycles. The van der Waals surface area contributed by atoms with Gasteiger partial charge < -0.3 is 5.32 Å². The minimum atomic E-state index is -0.382. The molecule has 0 radical (unpaired) electrons. The number of nitrogens with zero attached hydrogens (tertiary/aromatic N) is 4. The van der Waals surface area contributed by atoms with Crippen LogP contribution in [0.2, 0.25) is 0 Å². The topological polar surface area (TPSA) is 72.7 Å². The number of halogens is 1. The first kappa shape index (κ1) is 14.8. The van der Waals surface area contributed by atoms with E-state index in [-0.39, 0.29) is 18.3 Å². The van der Waals surface area contributed by atoms with Crippen LogP contribution >= 0.6 is 0 Å². The molecule has 1 aromatic heterocycles. The fourth-order valence-corrected chi connectivity index (χ4v) is 2.09. The van der Waals surface area contributed by atoms with E-state index in [1.807, 2.05) is 19.1 Å². The van der Waals surface area contributed by atoms with Gasteiger partial charge in [-0.05, 0) is 47.7 Å². The Morgan fingerprint density at radius 3 is 2.74 bits per heavy atom. The van der Waals surface area contributed by atoms with Crippen molar-refractivity contribution in [2.24, 2.45) is 0 Å². The maximum absolute atomic E-state index is 13.3. The van der Waals surface area contributed by atoms with E-state index in [0.29, 0.717) is 17.1 Å². The van der Waals surface area contributed by atoms with E-state index in [1.54, 1.807) is 24.3 Å². The van der Waals surface area contributed by atoms with Crippen LogP contribution in [0.1, 0.15) is 21.7 Å². The maximum atomic E-state index is 13.3. The molecule has 3 aromatic rings. The molecule has 0 aliphatic rings. The summed E-state index contributed by atoms with van der Waals surface area (Å²) < 4.78 is 14.7. The van der Waals surface area contributed by atoms with Gasteiger partial charge in [-0.25, -0.2) is 4.39 Å². The number of rotatable bonds is 4. The van der Waals surface area contributed by atoms with Crippen LogP contribution < -0.4 is 5.32 Å². The number of aromatic nitrogens is 4. The van der Waals surface area contributed by atoms with E-state index in [4.69, 9.17) is 0 Å². The summed E-state index contributed by atoms with van der Waals surface area (Å²) in [7, 11) is 0. The van der Waals surface area contributed by atoms with Crippen molar-refractivity contribution in [3.05, 3.63) is 71.3 Å². The monoisotopic (exact) mass is 311 g/mol. The van der Waals surface area contributed by atoms with Gasteiger partial charge in [0.2, 0.25) is 0 Å². The van der Waals surface area contributed by atoms with Crippen molar-refractivity contribution in [2.45, 2.75) is 13.5 Å². The van der Waals surface area contributed by atoms with E-state index in [9.17, 15) is 9.18 Å². The van der Waals surface area contributed by atoms with Gasteiger partial charge in [0.25, 0.3) is 5.91 Å². The quantitative estimate of drug-likeness (QED) is 0.800. The Labute approximate surface area is 132 Å². The number of hydrogen-bond acceptors (Lipinski definition) is 4. The van der Waals surface area contributed by atoms with Crippen molar-refractivity contribution in [2.75, 3.05) is 0 Å². The zero-order valence-corrected chi connectivity index (χ0v) is 12.4.